The van der Waals surface area contributed by atoms with Crippen molar-refractivity contribution in [3.05, 3.63) is 18.2 Å². The summed E-state index contributed by atoms with van der Waals surface area (Å²) in [6.45, 7) is 0. The third kappa shape index (κ3) is 0.818. The fraction of sp³-hybridized carbons (Fsp3) is 0.571. The number of halogens is 1. The minimum Gasteiger partial charge on any atom is -0.267 e. The van der Waals surface area contributed by atoms with E-state index in [0.717, 1.165) is 12.8 Å². The highest BCUT2D eigenvalue weighted by Gasteiger charge is 2.19. The zero-order chi connectivity index (χ0) is 6.97. The van der Waals surface area contributed by atoms with Gasteiger partial charge in [0.15, 0.2) is 5.82 Å². The number of rotatable bonds is 1. The molecular formula is C7H9FN2. The van der Waals surface area contributed by atoms with Crippen LogP contribution in [0.4, 0.5) is 4.39 Å². The van der Waals surface area contributed by atoms with Gasteiger partial charge in [0.05, 0.1) is 18.4 Å². The summed E-state index contributed by atoms with van der Waals surface area (Å²) in [6, 6.07) is 0.476. The van der Waals surface area contributed by atoms with Crippen LogP contribution in [0.2, 0.25) is 0 Å². The first-order chi connectivity index (χ1) is 4.86. The Bertz CT molecular complexity index is 227. The Morgan fingerprint density at radius 1 is 1.60 bits per heavy atom. The van der Waals surface area contributed by atoms with Gasteiger partial charge in [-0.05, 0) is 19.3 Å². The normalized spacial score (nSPS) is 18.9. The van der Waals surface area contributed by atoms with E-state index >= 15 is 0 Å². The Labute approximate surface area is 58.7 Å². The van der Waals surface area contributed by atoms with E-state index in [1.54, 1.807) is 4.68 Å². The second kappa shape index (κ2) is 2.08. The van der Waals surface area contributed by atoms with E-state index < -0.39 is 0 Å². The summed E-state index contributed by atoms with van der Waals surface area (Å²) in [4.78, 5) is 0. The molecule has 54 valence electrons. The molecule has 1 heterocycles. The first-order valence-electron chi connectivity index (χ1n) is 3.56. The summed E-state index contributed by atoms with van der Waals surface area (Å²) in [6.07, 6.45) is 6.29. The predicted molar refractivity (Wildman–Crippen MR) is 35.1 cm³/mol. The van der Waals surface area contributed by atoms with Crippen LogP contribution >= 0.6 is 0 Å². The van der Waals surface area contributed by atoms with Gasteiger partial charge in [-0.2, -0.15) is 5.10 Å². The van der Waals surface area contributed by atoms with Crippen molar-refractivity contribution >= 4 is 0 Å². The van der Waals surface area contributed by atoms with Gasteiger partial charge in [-0.1, -0.05) is 0 Å². The van der Waals surface area contributed by atoms with Gasteiger partial charge < -0.3 is 0 Å². The summed E-state index contributed by atoms with van der Waals surface area (Å²) < 4.78 is 14.1. The predicted octanol–water partition coefficient (Wildman–Crippen LogP) is 1.75. The number of hydrogen-bond acceptors (Lipinski definition) is 1. The highest BCUT2D eigenvalue weighted by molar-refractivity contribution is 4.88. The molecule has 1 aliphatic rings. The smallest absolute Gasteiger partial charge is 0.161 e. The van der Waals surface area contributed by atoms with Crippen molar-refractivity contribution in [1.82, 2.24) is 9.78 Å². The first kappa shape index (κ1) is 5.89. The lowest BCUT2D eigenvalue weighted by Crippen LogP contribution is -2.16. The average Bonchev–Trinajstić information content (AvgIpc) is 2.10. The van der Waals surface area contributed by atoms with Gasteiger partial charge in [0, 0.05) is 0 Å². The fourth-order valence-electron chi connectivity index (χ4n) is 1.17. The van der Waals surface area contributed by atoms with Crippen LogP contribution < -0.4 is 0 Å². The molecule has 1 aromatic rings. The number of hydrogen-bond donors (Lipinski definition) is 0. The minimum absolute atomic E-state index is 0.230. The third-order valence-corrected chi connectivity index (χ3v) is 2.02. The molecule has 3 heteroatoms. The Hall–Kier alpha value is -0.860. The summed E-state index contributed by atoms with van der Waals surface area (Å²) in [5, 5.41) is 3.88. The average molecular weight is 140 g/mol. The molecule has 1 aromatic heterocycles. The molecule has 1 fully saturated rings. The van der Waals surface area contributed by atoms with E-state index in [1.807, 2.05) is 0 Å². The Morgan fingerprint density at radius 2 is 2.40 bits per heavy atom. The Balaban J connectivity index is 2.17. The van der Waals surface area contributed by atoms with Gasteiger partial charge in [-0.3, -0.25) is 4.68 Å². The van der Waals surface area contributed by atoms with Gasteiger partial charge in [0.1, 0.15) is 0 Å². The van der Waals surface area contributed by atoms with Crippen LogP contribution in [-0.2, 0) is 0 Å². The van der Waals surface area contributed by atoms with Crippen LogP contribution in [0.1, 0.15) is 25.3 Å². The van der Waals surface area contributed by atoms with Crippen LogP contribution in [0, 0.1) is 5.82 Å². The molecule has 0 radical (unpaired) electrons. The molecule has 10 heavy (non-hydrogen) atoms. The van der Waals surface area contributed by atoms with Gasteiger partial charge >= 0.3 is 0 Å². The maximum absolute atomic E-state index is 12.4. The van der Waals surface area contributed by atoms with Crippen molar-refractivity contribution in [2.24, 2.45) is 0 Å². The first-order valence-corrected chi connectivity index (χ1v) is 3.56. The van der Waals surface area contributed by atoms with Crippen LogP contribution in [-0.4, -0.2) is 9.78 Å². The fourth-order valence-corrected chi connectivity index (χ4v) is 1.17. The monoisotopic (exact) mass is 140 g/mol. The summed E-state index contributed by atoms with van der Waals surface area (Å²) in [5.41, 5.74) is 0. The lowest BCUT2D eigenvalue weighted by molar-refractivity contribution is 0.288. The number of aromatic nitrogens is 2. The highest BCUT2D eigenvalue weighted by Crippen LogP contribution is 2.30. The highest BCUT2D eigenvalue weighted by atomic mass is 19.1. The molecule has 0 saturated heterocycles. The van der Waals surface area contributed by atoms with Crippen LogP contribution in [0.25, 0.3) is 0 Å². The molecular weight excluding hydrogens is 131 g/mol. The van der Waals surface area contributed by atoms with Gasteiger partial charge in [-0.15, -0.1) is 0 Å². The van der Waals surface area contributed by atoms with E-state index in [4.69, 9.17) is 0 Å². The Kier molecular flexibility index (Phi) is 1.22. The van der Waals surface area contributed by atoms with Crippen molar-refractivity contribution < 1.29 is 4.39 Å². The lowest BCUT2D eigenvalue weighted by Gasteiger charge is -2.25. The van der Waals surface area contributed by atoms with Gasteiger partial charge in [-0.25, -0.2) is 4.39 Å². The quantitative estimate of drug-likeness (QED) is 0.581. The van der Waals surface area contributed by atoms with Crippen molar-refractivity contribution in [3.8, 4) is 0 Å². The molecule has 0 amide bonds. The molecule has 0 unspecified atom stereocenters. The zero-order valence-corrected chi connectivity index (χ0v) is 5.63. The Morgan fingerprint density at radius 3 is 2.80 bits per heavy atom. The zero-order valence-electron chi connectivity index (χ0n) is 5.63. The van der Waals surface area contributed by atoms with Crippen LogP contribution in [0.15, 0.2) is 12.4 Å². The summed E-state index contributed by atoms with van der Waals surface area (Å²) in [5.74, 6) is -0.230. The molecule has 0 atom stereocenters. The van der Waals surface area contributed by atoms with Gasteiger partial charge in [0.25, 0.3) is 0 Å². The van der Waals surface area contributed by atoms with Crippen molar-refractivity contribution in [2.75, 3.05) is 0 Å². The molecule has 0 spiro atoms. The summed E-state index contributed by atoms with van der Waals surface area (Å²) in [7, 11) is 0. The van der Waals surface area contributed by atoms with E-state index in [2.05, 4.69) is 5.10 Å². The maximum Gasteiger partial charge on any atom is 0.161 e. The maximum atomic E-state index is 12.4. The van der Waals surface area contributed by atoms with Crippen molar-refractivity contribution in [3.63, 3.8) is 0 Å². The molecule has 2 rings (SSSR count). The summed E-state index contributed by atoms with van der Waals surface area (Å²) >= 11 is 0. The molecule has 1 saturated carbocycles. The lowest BCUT2D eigenvalue weighted by atomic mass is 9.93. The topological polar surface area (TPSA) is 17.8 Å². The standard InChI is InChI=1S/C7H9FN2/c8-6-4-9-10(5-6)7-2-1-3-7/h4-5,7H,1-3H2. The minimum atomic E-state index is -0.230. The van der Waals surface area contributed by atoms with Crippen molar-refractivity contribution in [1.29, 1.82) is 0 Å². The van der Waals surface area contributed by atoms with Gasteiger partial charge in [0.2, 0.25) is 0 Å². The van der Waals surface area contributed by atoms with Crippen LogP contribution in [0.5, 0.6) is 0 Å². The SMILES string of the molecule is Fc1cnn(C2CCC2)c1. The van der Waals surface area contributed by atoms with E-state index in [-0.39, 0.29) is 5.82 Å². The second-order valence-electron chi connectivity index (χ2n) is 2.72. The second-order valence-corrected chi connectivity index (χ2v) is 2.72. The van der Waals surface area contributed by atoms with E-state index in [9.17, 15) is 4.39 Å². The van der Waals surface area contributed by atoms with E-state index in [1.165, 1.54) is 18.8 Å². The van der Waals surface area contributed by atoms with E-state index in [0.29, 0.717) is 6.04 Å². The molecule has 1 aliphatic carbocycles. The largest absolute Gasteiger partial charge is 0.267 e. The number of nitrogens with zero attached hydrogens (tertiary/aromatic N) is 2. The molecule has 0 aliphatic heterocycles. The molecule has 2 nitrogen and oxygen atoms in total. The molecule has 0 N–H and O–H groups in total. The van der Waals surface area contributed by atoms with Crippen LogP contribution in [0.3, 0.4) is 0 Å². The third-order valence-electron chi connectivity index (χ3n) is 2.02. The van der Waals surface area contributed by atoms with Crippen molar-refractivity contribution in [2.45, 2.75) is 25.3 Å². The molecule has 0 aromatic carbocycles. The molecule has 0 bridgehead atoms.